The molecular formula is C14H22N2O2. The van der Waals surface area contributed by atoms with Gasteiger partial charge in [-0.2, -0.15) is 0 Å². The molecule has 0 bridgehead atoms. The Balaban J connectivity index is 2.18. The van der Waals surface area contributed by atoms with Gasteiger partial charge >= 0.3 is 0 Å². The minimum absolute atomic E-state index is 0.0336. The molecule has 0 aromatic heterocycles. The molecule has 0 saturated heterocycles. The van der Waals surface area contributed by atoms with Gasteiger partial charge in [0.2, 0.25) is 0 Å². The lowest BCUT2D eigenvalue weighted by molar-refractivity contribution is 0.167. The highest BCUT2D eigenvalue weighted by Gasteiger charge is 2.35. The Hall–Kier alpha value is -1.26. The smallest absolute Gasteiger partial charge is 0.120 e. The van der Waals surface area contributed by atoms with Crippen molar-refractivity contribution in [3.63, 3.8) is 0 Å². The largest absolute Gasteiger partial charge is 0.508 e. The van der Waals surface area contributed by atoms with Crippen LogP contribution < -0.4 is 5.73 Å². The predicted octanol–water partition coefficient (Wildman–Crippen LogP) is 1.83. The zero-order valence-corrected chi connectivity index (χ0v) is 11.0. The van der Waals surface area contributed by atoms with Crippen molar-refractivity contribution in [3.05, 3.63) is 23.8 Å². The van der Waals surface area contributed by atoms with Crippen LogP contribution in [0, 0.1) is 5.92 Å². The number of rotatable bonds is 5. The van der Waals surface area contributed by atoms with E-state index in [1.54, 1.807) is 6.07 Å². The zero-order valence-electron chi connectivity index (χ0n) is 11.0. The lowest BCUT2D eigenvalue weighted by atomic mass is 10.0. The van der Waals surface area contributed by atoms with Gasteiger partial charge in [-0.1, -0.05) is 0 Å². The van der Waals surface area contributed by atoms with Crippen LogP contribution in [0.1, 0.15) is 31.4 Å². The molecule has 2 atom stereocenters. The fourth-order valence-corrected chi connectivity index (χ4v) is 2.56. The van der Waals surface area contributed by atoms with E-state index in [-0.39, 0.29) is 17.5 Å². The maximum Gasteiger partial charge on any atom is 0.120 e. The molecule has 2 rings (SSSR count). The van der Waals surface area contributed by atoms with Crippen molar-refractivity contribution in [2.45, 2.75) is 31.8 Å². The van der Waals surface area contributed by atoms with Crippen molar-refractivity contribution in [2.24, 2.45) is 11.7 Å². The normalized spacial score (nSPS) is 18.9. The van der Waals surface area contributed by atoms with E-state index in [1.807, 2.05) is 14.0 Å². The highest BCUT2D eigenvalue weighted by atomic mass is 16.3. The third-order valence-corrected chi connectivity index (χ3v) is 4.00. The van der Waals surface area contributed by atoms with Crippen molar-refractivity contribution in [1.29, 1.82) is 0 Å². The average Bonchev–Trinajstić information content (AvgIpc) is 3.16. The SMILES string of the molecule is CC(c1cc(O)ccc1O)N(C)C(CN)C1CC1. The topological polar surface area (TPSA) is 69.7 Å². The van der Waals surface area contributed by atoms with Crippen LogP contribution in [0.2, 0.25) is 0 Å². The van der Waals surface area contributed by atoms with Gasteiger partial charge in [-0.3, -0.25) is 4.90 Å². The Kier molecular flexibility index (Phi) is 3.78. The van der Waals surface area contributed by atoms with Crippen molar-refractivity contribution >= 4 is 0 Å². The van der Waals surface area contributed by atoms with E-state index in [9.17, 15) is 10.2 Å². The first-order valence-electron chi connectivity index (χ1n) is 6.48. The molecule has 1 fully saturated rings. The first kappa shape index (κ1) is 13.2. The Bertz CT molecular complexity index is 418. The van der Waals surface area contributed by atoms with Crippen LogP contribution in [0.3, 0.4) is 0 Å². The summed E-state index contributed by atoms with van der Waals surface area (Å²) < 4.78 is 0. The van der Waals surface area contributed by atoms with E-state index >= 15 is 0 Å². The Morgan fingerprint density at radius 2 is 2.06 bits per heavy atom. The number of aromatic hydroxyl groups is 2. The van der Waals surface area contributed by atoms with Crippen molar-refractivity contribution in [2.75, 3.05) is 13.6 Å². The highest BCUT2D eigenvalue weighted by Crippen LogP contribution is 2.39. The summed E-state index contributed by atoms with van der Waals surface area (Å²) in [7, 11) is 2.03. The summed E-state index contributed by atoms with van der Waals surface area (Å²) in [5.41, 5.74) is 6.59. The molecule has 4 N–H and O–H groups in total. The summed E-state index contributed by atoms with van der Waals surface area (Å²) >= 11 is 0. The monoisotopic (exact) mass is 250 g/mol. The summed E-state index contributed by atoms with van der Waals surface area (Å²) in [5.74, 6) is 1.08. The van der Waals surface area contributed by atoms with Crippen LogP contribution in [-0.4, -0.2) is 34.7 Å². The first-order chi connectivity index (χ1) is 8.54. The fourth-order valence-electron chi connectivity index (χ4n) is 2.56. The standard InChI is InChI=1S/C14H22N2O2/c1-9(12-7-11(17)5-6-14(12)18)16(2)13(8-15)10-3-4-10/h5-7,9-10,13,17-18H,3-4,8,15H2,1-2H3. The Labute approximate surface area is 108 Å². The summed E-state index contributed by atoms with van der Waals surface area (Å²) in [6.45, 7) is 2.66. The molecule has 1 aliphatic carbocycles. The van der Waals surface area contributed by atoms with E-state index in [4.69, 9.17) is 5.73 Å². The van der Waals surface area contributed by atoms with Crippen LogP contribution in [-0.2, 0) is 0 Å². The number of nitrogens with zero attached hydrogens (tertiary/aromatic N) is 1. The summed E-state index contributed by atoms with van der Waals surface area (Å²) in [6, 6.07) is 5.03. The summed E-state index contributed by atoms with van der Waals surface area (Å²) in [6.07, 6.45) is 2.48. The quantitative estimate of drug-likeness (QED) is 0.697. The summed E-state index contributed by atoms with van der Waals surface area (Å²) in [5, 5.41) is 19.4. The molecule has 2 unspecified atom stereocenters. The number of hydrogen-bond donors (Lipinski definition) is 3. The van der Waals surface area contributed by atoms with Gasteiger partial charge in [-0.15, -0.1) is 0 Å². The van der Waals surface area contributed by atoms with Gasteiger partial charge in [-0.05, 0) is 50.9 Å². The predicted molar refractivity (Wildman–Crippen MR) is 71.5 cm³/mol. The molecule has 0 aliphatic heterocycles. The Morgan fingerprint density at radius 1 is 1.39 bits per heavy atom. The number of phenolic OH excluding ortho intramolecular Hbond substituents is 2. The molecule has 0 radical (unpaired) electrons. The molecule has 18 heavy (non-hydrogen) atoms. The molecule has 100 valence electrons. The molecule has 4 heteroatoms. The second kappa shape index (κ2) is 5.16. The van der Waals surface area contributed by atoms with Crippen LogP contribution in [0.15, 0.2) is 18.2 Å². The second-order valence-corrected chi connectivity index (χ2v) is 5.23. The number of nitrogens with two attached hydrogens (primary N) is 1. The van der Waals surface area contributed by atoms with Crippen molar-refractivity contribution < 1.29 is 10.2 Å². The third-order valence-electron chi connectivity index (χ3n) is 4.00. The minimum atomic E-state index is 0.0336. The van der Waals surface area contributed by atoms with Crippen LogP contribution in [0.5, 0.6) is 11.5 Å². The second-order valence-electron chi connectivity index (χ2n) is 5.23. The molecule has 1 saturated carbocycles. The number of hydrogen-bond acceptors (Lipinski definition) is 4. The molecule has 1 aliphatic rings. The molecule has 4 nitrogen and oxygen atoms in total. The van der Waals surface area contributed by atoms with E-state index in [0.717, 1.165) is 5.56 Å². The lowest BCUT2D eigenvalue weighted by Crippen LogP contribution is -2.41. The van der Waals surface area contributed by atoms with Crippen LogP contribution >= 0.6 is 0 Å². The van der Waals surface area contributed by atoms with Gasteiger partial charge in [0.15, 0.2) is 0 Å². The Morgan fingerprint density at radius 3 is 2.61 bits per heavy atom. The zero-order chi connectivity index (χ0) is 13.3. The maximum absolute atomic E-state index is 9.89. The van der Waals surface area contributed by atoms with Crippen LogP contribution in [0.25, 0.3) is 0 Å². The molecular weight excluding hydrogens is 228 g/mol. The van der Waals surface area contributed by atoms with Gasteiger partial charge in [-0.25, -0.2) is 0 Å². The van der Waals surface area contributed by atoms with Gasteiger partial charge < -0.3 is 15.9 Å². The van der Waals surface area contributed by atoms with Gasteiger partial charge in [0, 0.05) is 24.2 Å². The van der Waals surface area contributed by atoms with E-state index in [2.05, 4.69) is 4.90 Å². The lowest BCUT2D eigenvalue weighted by Gasteiger charge is -2.33. The maximum atomic E-state index is 9.89. The number of benzene rings is 1. The van der Waals surface area contributed by atoms with Crippen LogP contribution in [0.4, 0.5) is 0 Å². The number of phenols is 2. The van der Waals surface area contributed by atoms with E-state index in [0.29, 0.717) is 18.5 Å². The molecule has 1 aromatic rings. The van der Waals surface area contributed by atoms with Crippen molar-refractivity contribution in [1.82, 2.24) is 4.90 Å². The fraction of sp³-hybridized carbons (Fsp3) is 0.571. The van der Waals surface area contributed by atoms with Gasteiger partial charge in [0.1, 0.15) is 11.5 Å². The molecule has 0 heterocycles. The first-order valence-corrected chi connectivity index (χ1v) is 6.48. The molecule has 0 amide bonds. The van der Waals surface area contributed by atoms with E-state index < -0.39 is 0 Å². The summed E-state index contributed by atoms with van der Waals surface area (Å²) in [4.78, 5) is 2.20. The third kappa shape index (κ3) is 2.60. The van der Waals surface area contributed by atoms with E-state index in [1.165, 1.54) is 25.0 Å². The number of likely N-dealkylation sites (N-methyl/N-ethyl adjacent to an activating group) is 1. The molecule has 1 aromatic carbocycles. The van der Waals surface area contributed by atoms with Gasteiger partial charge in [0.05, 0.1) is 0 Å². The van der Waals surface area contributed by atoms with Gasteiger partial charge in [0.25, 0.3) is 0 Å². The van der Waals surface area contributed by atoms with Crippen molar-refractivity contribution in [3.8, 4) is 11.5 Å². The average molecular weight is 250 g/mol. The highest BCUT2D eigenvalue weighted by molar-refractivity contribution is 5.40. The minimum Gasteiger partial charge on any atom is -0.508 e. The molecule has 0 spiro atoms.